The second kappa shape index (κ2) is 5.50. The molecule has 0 aromatic heterocycles. The van der Waals surface area contributed by atoms with Crippen molar-refractivity contribution in [2.45, 2.75) is 31.4 Å². The van der Waals surface area contributed by atoms with Gasteiger partial charge in [0, 0.05) is 6.42 Å². The van der Waals surface area contributed by atoms with E-state index in [1.165, 1.54) is 0 Å². The maximum Gasteiger partial charge on any atom is 0.122 e. The van der Waals surface area contributed by atoms with E-state index in [0.717, 1.165) is 30.8 Å². The summed E-state index contributed by atoms with van der Waals surface area (Å²) in [7, 11) is 1.64. The summed E-state index contributed by atoms with van der Waals surface area (Å²) >= 11 is 0. The topological polar surface area (TPSA) is 21.3 Å². The molecule has 1 heterocycles. The number of hydrogen-bond acceptors (Lipinski definition) is 2. The van der Waals surface area contributed by atoms with Crippen molar-refractivity contribution < 1.29 is 9.13 Å². The van der Waals surface area contributed by atoms with E-state index in [1.54, 1.807) is 7.11 Å². The maximum atomic E-state index is 14.7. The molecule has 2 nitrogen and oxygen atoms in total. The fourth-order valence-corrected chi connectivity index (χ4v) is 2.46. The summed E-state index contributed by atoms with van der Waals surface area (Å²) in [5.41, 5.74) is -0.114. The third-order valence-corrected chi connectivity index (χ3v) is 3.43. The second-order valence-corrected chi connectivity index (χ2v) is 4.74. The number of para-hydroxylation sites is 1. The first-order valence-corrected chi connectivity index (χ1v) is 6.25. The SMILES string of the molecule is COc1ccccc1CC1(F)CCCNCC1. The van der Waals surface area contributed by atoms with E-state index < -0.39 is 5.67 Å². The van der Waals surface area contributed by atoms with Crippen molar-refractivity contribution in [2.75, 3.05) is 20.2 Å². The van der Waals surface area contributed by atoms with Crippen LogP contribution in [0, 0.1) is 0 Å². The van der Waals surface area contributed by atoms with Gasteiger partial charge >= 0.3 is 0 Å². The van der Waals surface area contributed by atoms with Crippen LogP contribution in [0.25, 0.3) is 0 Å². The first-order chi connectivity index (χ1) is 8.23. The zero-order chi connectivity index (χ0) is 12.1. The lowest BCUT2D eigenvalue weighted by Gasteiger charge is -2.24. The lowest BCUT2D eigenvalue weighted by atomic mass is 9.89. The lowest BCUT2D eigenvalue weighted by molar-refractivity contribution is 0.143. The normalized spacial score (nSPS) is 25.3. The minimum Gasteiger partial charge on any atom is -0.496 e. The van der Waals surface area contributed by atoms with Gasteiger partial charge in [0.1, 0.15) is 11.4 Å². The highest BCUT2D eigenvalue weighted by molar-refractivity contribution is 5.34. The summed E-state index contributed by atoms with van der Waals surface area (Å²) in [4.78, 5) is 0. The number of rotatable bonds is 3. The number of ether oxygens (including phenoxy) is 1. The summed E-state index contributed by atoms with van der Waals surface area (Å²) in [5.74, 6) is 0.793. The molecule has 1 aliphatic rings. The molecule has 0 saturated carbocycles. The van der Waals surface area contributed by atoms with E-state index in [2.05, 4.69) is 5.32 Å². The molecular formula is C14H20FNO. The molecule has 94 valence electrons. The van der Waals surface area contributed by atoms with Crippen molar-refractivity contribution >= 4 is 0 Å². The predicted octanol–water partition coefficient (Wildman–Crippen LogP) is 2.72. The van der Waals surface area contributed by atoms with Crippen LogP contribution in [0.15, 0.2) is 24.3 Å². The highest BCUT2D eigenvalue weighted by Gasteiger charge is 2.31. The number of benzene rings is 1. The molecule has 2 rings (SSSR count). The maximum absolute atomic E-state index is 14.7. The molecule has 1 fully saturated rings. The van der Waals surface area contributed by atoms with Crippen LogP contribution in [0.3, 0.4) is 0 Å². The minimum absolute atomic E-state index is 0.457. The summed E-state index contributed by atoms with van der Waals surface area (Å²) in [6, 6.07) is 7.71. The Morgan fingerprint density at radius 2 is 2.12 bits per heavy atom. The van der Waals surface area contributed by atoms with E-state index in [0.29, 0.717) is 19.3 Å². The molecule has 1 atom stereocenters. The molecule has 1 N–H and O–H groups in total. The molecule has 0 radical (unpaired) electrons. The Labute approximate surface area is 102 Å². The van der Waals surface area contributed by atoms with Gasteiger partial charge in [0.05, 0.1) is 7.11 Å². The van der Waals surface area contributed by atoms with Gasteiger partial charge in [0.25, 0.3) is 0 Å². The van der Waals surface area contributed by atoms with Crippen molar-refractivity contribution in [3.05, 3.63) is 29.8 Å². The van der Waals surface area contributed by atoms with E-state index in [-0.39, 0.29) is 0 Å². The second-order valence-electron chi connectivity index (χ2n) is 4.74. The quantitative estimate of drug-likeness (QED) is 0.872. The van der Waals surface area contributed by atoms with Crippen LogP contribution in [0.1, 0.15) is 24.8 Å². The molecule has 1 aliphatic heterocycles. The molecular weight excluding hydrogens is 217 g/mol. The van der Waals surface area contributed by atoms with Gasteiger partial charge in [-0.2, -0.15) is 0 Å². The van der Waals surface area contributed by atoms with Crippen LogP contribution in [0.5, 0.6) is 5.75 Å². The molecule has 0 bridgehead atoms. The van der Waals surface area contributed by atoms with E-state index in [4.69, 9.17) is 4.74 Å². The number of halogens is 1. The van der Waals surface area contributed by atoms with E-state index in [9.17, 15) is 4.39 Å². The zero-order valence-corrected chi connectivity index (χ0v) is 10.3. The number of nitrogens with one attached hydrogen (secondary N) is 1. The van der Waals surface area contributed by atoms with Crippen LogP contribution >= 0.6 is 0 Å². The molecule has 1 unspecified atom stereocenters. The fourth-order valence-electron chi connectivity index (χ4n) is 2.46. The molecule has 0 spiro atoms. The largest absolute Gasteiger partial charge is 0.496 e. The summed E-state index contributed by atoms with van der Waals surface area (Å²) < 4.78 is 20.0. The van der Waals surface area contributed by atoms with E-state index >= 15 is 0 Å². The van der Waals surface area contributed by atoms with Gasteiger partial charge in [-0.3, -0.25) is 0 Å². The number of hydrogen-bond donors (Lipinski definition) is 1. The van der Waals surface area contributed by atoms with Gasteiger partial charge < -0.3 is 10.1 Å². The van der Waals surface area contributed by atoms with E-state index in [1.807, 2.05) is 24.3 Å². The van der Waals surface area contributed by atoms with Gasteiger partial charge in [0.15, 0.2) is 0 Å². The average molecular weight is 237 g/mol. The third kappa shape index (κ3) is 3.19. The summed E-state index contributed by atoms with van der Waals surface area (Å²) in [6.07, 6.45) is 2.59. The third-order valence-electron chi connectivity index (χ3n) is 3.43. The Hall–Kier alpha value is -1.09. The Morgan fingerprint density at radius 1 is 1.29 bits per heavy atom. The molecule has 0 amide bonds. The Morgan fingerprint density at radius 3 is 2.94 bits per heavy atom. The van der Waals surface area contributed by atoms with Gasteiger partial charge in [0.2, 0.25) is 0 Å². The molecule has 17 heavy (non-hydrogen) atoms. The molecule has 1 saturated heterocycles. The van der Waals surface area contributed by atoms with Crippen LogP contribution in [-0.2, 0) is 6.42 Å². The Bertz CT molecular complexity index is 359. The number of alkyl halides is 1. The van der Waals surface area contributed by atoms with Gasteiger partial charge in [-0.15, -0.1) is 0 Å². The first kappa shape index (κ1) is 12.4. The van der Waals surface area contributed by atoms with Crippen molar-refractivity contribution in [1.29, 1.82) is 0 Å². The van der Waals surface area contributed by atoms with Crippen LogP contribution < -0.4 is 10.1 Å². The standard InChI is InChI=1S/C14H20FNO/c1-17-13-6-3-2-5-12(13)11-14(15)7-4-9-16-10-8-14/h2-3,5-6,16H,4,7-11H2,1H3. The molecule has 3 heteroatoms. The van der Waals surface area contributed by atoms with Crippen molar-refractivity contribution in [3.8, 4) is 5.75 Å². The van der Waals surface area contributed by atoms with Crippen LogP contribution in [0.2, 0.25) is 0 Å². The Kier molecular flexibility index (Phi) is 4.00. The van der Waals surface area contributed by atoms with Crippen molar-refractivity contribution in [3.63, 3.8) is 0 Å². The fraction of sp³-hybridized carbons (Fsp3) is 0.571. The highest BCUT2D eigenvalue weighted by atomic mass is 19.1. The summed E-state index contributed by atoms with van der Waals surface area (Å²) in [6.45, 7) is 1.70. The van der Waals surface area contributed by atoms with Crippen molar-refractivity contribution in [1.82, 2.24) is 5.32 Å². The lowest BCUT2D eigenvalue weighted by Crippen LogP contribution is -2.27. The van der Waals surface area contributed by atoms with Gasteiger partial charge in [-0.05, 0) is 44.0 Å². The molecule has 1 aromatic carbocycles. The monoisotopic (exact) mass is 237 g/mol. The van der Waals surface area contributed by atoms with Crippen LogP contribution in [0.4, 0.5) is 4.39 Å². The molecule has 0 aliphatic carbocycles. The first-order valence-electron chi connectivity index (χ1n) is 6.25. The predicted molar refractivity (Wildman–Crippen MR) is 67.3 cm³/mol. The minimum atomic E-state index is -1.09. The average Bonchev–Trinajstić information content (AvgIpc) is 2.55. The van der Waals surface area contributed by atoms with Crippen molar-refractivity contribution in [2.24, 2.45) is 0 Å². The highest BCUT2D eigenvalue weighted by Crippen LogP contribution is 2.31. The van der Waals surface area contributed by atoms with Gasteiger partial charge in [-0.1, -0.05) is 18.2 Å². The zero-order valence-electron chi connectivity index (χ0n) is 10.3. The molecule has 1 aromatic rings. The number of methoxy groups -OCH3 is 1. The Balaban J connectivity index is 2.12. The van der Waals surface area contributed by atoms with Crippen LogP contribution in [-0.4, -0.2) is 25.9 Å². The smallest absolute Gasteiger partial charge is 0.122 e. The van der Waals surface area contributed by atoms with Gasteiger partial charge in [-0.25, -0.2) is 4.39 Å². The summed E-state index contributed by atoms with van der Waals surface area (Å²) in [5, 5.41) is 3.25.